The quantitative estimate of drug-likeness (QED) is 0.895. The van der Waals surface area contributed by atoms with Gasteiger partial charge >= 0.3 is 0 Å². The molecule has 0 amide bonds. The summed E-state index contributed by atoms with van der Waals surface area (Å²) in [6.07, 6.45) is 3.99. The van der Waals surface area contributed by atoms with E-state index < -0.39 is 16.1 Å². The Hall–Kier alpha value is -0.910. The van der Waals surface area contributed by atoms with Crippen molar-refractivity contribution in [3.8, 4) is 0 Å². The van der Waals surface area contributed by atoms with Gasteiger partial charge in [0.2, 0.25) is 10.0 Å². The van der Waals surface area contributed by atoms with Gasteiger partial charge in [-0.25, -0.2) is 13.1 Å². The third-order valence-corrected chi connectivity index (χ3v) is 6.22. The van der Waals surface area contributed by atoms with Crippen LogP contribution in [0.4, 0.5) is 0 Å². The molecule has 0 saturated heterocycles. The lowest BCUT2D eigenvalue weighted by Crippen LogP contribution is -2.38. The smallest absolute Gasteiger partial charge is 0.240 e. The second-order valence-corrected chi connectivity index (χ2v) is 7.86. The molecule has 3 rings (SSSR count). The zero-order chi connectivity index (χ0) is 14.3. The molecule has 2 aliphatic rings. The summed E-state index contributed by atoms with van der Waals surface area (Å²) >= 11 is 0. The van der Waals surface area contributed by atoms with E-state index in [4.69, 9.17) is 0 Å². The van der Waals surface area contributed by atoms with Gasteiger partial charge < -0.3 is 5.11 Å². The third-order valence-electron chi connectivity index (χ3n) is 4.72. The Morgan fingerprint density at radius 1 is 1.20 bits per heavy atom. The van der Waals surface area contributed by atoms with E-state index >= 15 is 0 Å². The summed E-state index contributed by atoms with van der Waals surface area (Å²) in [6, 6.07) is 6.57. The molecule has 0 spiro atoms. The van der Waals surface area contributed by atoms with E-state index in [1.807, 2.05) is 0 Å². The first-order chi connectivity index (χ1) is 9.45. The Kier molecular flexibility index (Phi) is 3.60. The lowest BCUT2D eigenvalue weighted by Gasteiger charge is -2.22. The molecule has 2 N–H and O–H groups in total. The van der Waals surface area contributed by atoms with E-state index in [-0.39, 0.29) is 10.9 Å². The van der Waals surface area contributed by atoms with Gasteiger partial charge in [0.1, 0.15) is 0 Å². The molecule has 1 aromatic rings. The molecule has 0 aromatic heterocycles. The number of benzene rings is 1. The second-order valence-electron chi connectivity index (χ2n) is 6.15. The first-order valence-electron chi connectivity index (χ1n) is 7.26. The second kappa shape index (κ2) is 5.13. The van der Waals surface area contributed by atoms with Crippen LogP contribution in [0, 0.1) is 11.8 Å². The van der Waals surface area contributed by atoms with Crippen molar-refractivity contribution in [2.45, 2.75) is 49.6 Å². The van der Waals surface area contributed by atoms with Crippen molar-refractivity contribution in [1.29, 1.82) is 0 Å². The zero-order valence-electron chi connectivity index (χ0n) is 11.6. The van der Waals surface area contributed by atoms with Crippen molar-refractivity contribution in [3.63, 3.8) is 0 Å². The fourth-order valence-electron chi connectivity index (χ4n) is 3.58. The molecule has 2 bridgehead atoms. The molecule has 2 saturated carbocycles. The van der Waals surface area contributed by atoms with Crippen LogP contribution in [0.5, 0.6) is 0 Å². The molecule has 110 valence electrons. The molecule has 4 unspecified atom stereocenters. The van der Waals surface area contributed by atoms with Crippen LogP contribution in [0.2, 0.25) is 0 Å². The summed E-state index contributed by atoms with van der Waals surface area (Å²) in [6.45, 7) is 1.66. The zero-order valence-corrected chi connectivity index (χ0v) is 12.4. The number of fused-ring (bicyclic) bond motifs is 2. The average molecular weight is 295 g/mol. The molecule has 2 fully saturated rings. The number of aliphatic hydroxyl groups is 1. The Morgan fingerprint density at radius 3 is 2.40 bits per heavy atom. The number of hydrogen-bond acceptors (Lipinski definition) is 3. The van der Waals surface area contributed by atoms with Gasteiger partial charge in [0.15, 0.2) is 0 Å². The van der Waals surface area contributed by atoms with Crippen molar-refractivity contribution in [2.24, 2.45) is 11.8 Å². The largest absolute Gasteiger partial charge is 0.389 e. The van der Waals surface area contributed by atoms with Crippen LogP contribution < -0.4 is 4.72 Å². The van der Waals surface area contributed by atoms with Crippen molar-refractivity contribution in [1.82, 2.24) is 4.72 Å². The van der Waals surface area contributed by atoms with Crippen LogP contribution >= 0.6 is 0 Å². The monoisotopic (exact) mass is 295 g/mol. The van der Waals surface area contributed by atoms with E-state index in [0.717, 1.165) is 18.4 Å². The van der Waals surface area contributed by atoms with Gasteiger partial charge in [-0.2, -0.15) is 0 Å². The molecule has 4 nitrogen and oxygen atoms in total. The summed E-state index contributed by atoms with van der Waals surface area (Å²) in [7, 11) is -3.44. The summed E-state index contributed by atoms with van der Waals surface area (Å²) in [5.41, 5.74) is 0.726. The Labute approximate surface area is 120 Å². The molecule has 0 heterocycles. The van der Waals surface area contributed by atoms with E-state index in [1.54, 1.807) is 31.2 Å². The fourth-order valence-corrected chi connectivity index (χ4v) is 4.90. The van der Waals surface area contributed by atoms with Crippen molar-refractivity contribution in [2.75, 3.05) is 0 Å². The van der Waals surface area contributed by atoms with Crippen molar-refractivity contribution < 1.29 is 13.5 Å². The maximum atomic E-state index is 12.4. The topological polar surface area (TPSA) is 66.4 Å². The Bertz CT molecular complexity index is 580. The maximum Gasteiger partial charge on any atom is 0.240 e. The van der Waals surface area contributed by atoms with E-state index in [1.165, 1.54) is 12.8 Å². The molecule has 5 heteroatoms. The normalized spacial score (nSPS) is 30.6. The molecule has 20 heavy (non-hydrogen) atoms. The van der Waals surface area contributed by atoms with Gasteiger partial charge in [0, 0.05) is 6.04 Å². The maximum absolute atomic E-state index is 12.4. The summed E-state index contributed by atoms with van der Waals surface area (Å²) in [4.78, 5) is 0.282. The molecule has 0 radical (unpaired) electrons. The van der Waals surface area contributed by atoms with E-state index in [2.05, 4.69) is 4.72 Å². The van der Waals surface area contributed by atoms with Crippen LogP contribution in [0.1, 0.15) is 44.3 Å². The molecular weight excluding hydrogens is 274 g/mol. The molecule has 0 aliphatic heterocycles. The van der Waals surface area contributed by atoms with Gasteiger partial charge in [-0.1, -0.05) is 18.6 Å². The van der Waals surface area contributed by atoms with Crippen LogP contribution in [0.25, 0.3) is 0 Å². The van der Waals surface area contributed by atoms with E-state index in [9.17, 15) is 13.5 Å². The minimum absolute atomic E-state index is 0.107. The standard InChI is InChI=1S/C15H21NO3S/c1-10(17)12-4-6-14(7-5-12)20(18,19)16-15-9-11-2-3-13(15)8-11/h4-7,10-11,13,15-17H,2-3,8-9H2,1H3. The first kappa shape index (κ1) is 14.0. The number of hydrogen-bond donors (Lipinski definition) is 2. The first-order valence-corrected chi connectivity index (χ1v) is 8.74. The van der Waals surface area contributed by atoms with Gasteiger partial charge in [-0.3, -0.25) is 0 Å². The van der Waals surface area contributed by atoms with Crippen molar-refractivity contribution in [3.05, 3.63) is 29.8 Å². The predicted octanol–water partition coefficient (Wildman–Crippen LogP) is 2.21. The summed E-state index contributed by atoms with van der Waals surface area (Å²) in [5, 5.41) is 9.45. The number of aliphatic hydroxyl groups excluding tert-OH is 1. The van der Waals surface area contributed by atoms with E-state index in [0.29, 0.717) is 11.8 Å². The SMILES string of the molecule is CC(O)c1ccc(S(=O)(=O)NC2CC3CCC2C3)cc1. The van der Waals surface area contributed by atoms with Gasteiger partial charge in [-0.15, -0.1) is 0 Å². The highest BCUT2D eigenvalue weighted by Crippen LogP contribution is 2.44. The van der Waals surface area contributed by atoms with Gasteiger partial charge in [0.05, 0.1) is 11.0 Å². The minimum Gasteiger partial charge on any atom is -0.389 e. The Morgan fingerprint density at radius 2 is 1.90 bits per heavy atom. The molecule has 2 aliphatic carbocycles. The van der Waals surface area contributed by atoms with Crippen LogP contribution in [0.3, 0.4) is 0 Å². The average Bonchev–Trinajstić information content (AvgIpc) is 3.00. The molecular formula is C15H21NO3S. The highest BCUT2D eigenvalue weighted by molar-refractivity contribution is 7.89. The highest BCUT2D eigenvalue weighted by atomic mass is 32.2. The highest BCUT2D eigenvalue weighted by Gasteiger charge is 2.41. The van der Waals surface area contributed by atoms with Gasteiger partial charge in [0.25, 0.3) is 0 Å². The minimum atomic E-state index is -3.44. The fraction of sp³-hybridized carbons (Fsp3) is 0.600. The molecule has 4 atom stereocenters. The molecule has 1 aromatic carbocycles. The van der Waals surface area contributed by atoms with Crippen molar-refractivity contribution >= 4 is 10.0 Å². The number of sulfonamides is 1. The van der Waals surface area contributed by atoms with Crippen LogP contribution in [-0.2, 0) is 10.0 Å². The van der Waals surface area contributed by atoms with Crippen LogP contribution in [0.15, 0.2) is 29.2 Å². The number of nitrogens with one attached hydrogen (secondary N) is 1. The third kappa shape index (κ3) is 2.62. The summed E-state index contributed by atoms with van der Waals surface area (Å²) < 4.78 is 27.6. The van der Waals surface area contributed by atoms with Crippen LogP contribution in [-0.4, -0.2) is 19.6 Å². The summed E-state index contributed by atoms with van der Waals surface area (Å²) in [5.74, 6) is 1.23. The lowest BCUT2D eigenvalue weighted by atomic mass is 9.96. The van der Waals surface area contributed by atoms with Gasteiger partial charge in [-0.05, 0) is 55.7 Å². The number of rotatable bonds is 4. The predicted molar refractivity (Wildman–Crippen MR) is 76.6 cm³/mol. The Balaban J connectivity index is 1.74. The lowest BCUT2D eigenvalue weighted by molar-refractivity contribution is 0.199.